The van der Waals surface area contributed by atoms with Crippen molar-refractivity contribution in [2.24, 2.45) is 17.9 Å². The van der Waals surface area contributed by atoms with Gasteiger partial charge in [-0.2, -0.15) is 18.3 Å². The Hall–Kier alpha value is -2.38. The van der Waals surface area contributed by atoms with Crippen LogP contribution >= 0.6 is 0 Å². The Morgan fingerprint density at radius 2 is 1.79 bits per heavy atom. The zero-order chi connectivity index (χ0) is 20.6. The molecule has 0 radical (unpaired) electrons. The van der Waals surface area contributed by atoms with Crippen molar-refractivity contribution in [1.29, 1.82) is 0 Å². The third-order valence-corrected chi connectivity index (χ3v) is 7.06. The highest BCUT2D eigenvalue weighted by Gasteiger charge is 2.81. The lowest BCUT2D eigenvalue weighted by Gasteiger charge is -2.68. The standard InChI is InChI=1S/C21H21F4N3O/c1-28-17(26-18(29)19-9-20(10-19,11-19)21(23,24)25)15(12-3-2-4-12)16(27-28)13-5-7-14(22)8-6-13/h5-8,12H,2-4,9-11H2,1H3,(H,26,29). The highest BCUT2D eigenvalue weighted by Crippen LogP contribution is 2.78. The van der Waals surface area contributed by atoms with Crippen molar-refractivity contribution in [3.63, 3.8) is 0 Å². The summed E-state index contributed by atoms with van der Waals surface area (Å²) in [7, 11) is 1.71. The summed E-state index contributed by atoms with van der Waals surface area (Å²) in [5.41, 5.74) is -0.224. The molecule has 4 aliphatic carbocycles. The van der Waals surface area contributed by atoms with E-state index in [1.165, 1.54) is 12.1 Å². The van der Waals surface area contributed by atoms with Crippen LogP contribution in [0.2, 0.25) is 0 Å². The predicted octanol–water partition coefficient (Wildman–Crippen LogP) is 5.16. The van der Waals surface area contributed by atoms with Crippen molar-refractivity contribution >= 4 is 11.7 Å². The first kappa shape index (κ1) is 18.6. The number of halogens is 4. The number of nitrogens with one attached hydrogen (secondary N) is 1. The number of amides is 1. The van der Waals surface area contributed by atoms with Gasteiger partial charge < -0.3 is 5.32 Å². The topological polar surface area (TPSA) is 46.9 Å². The summed E-state index contributed by atoms with van der Waals surface area (Å²) in [6, 6.07) is 6.04. The Labute approximate surface area is 165 Å². The average Bonchev–Trinajstić information content (AvgIpc) is 2.80. The Bertz CT molecular complexity index is 969. The minimum Gasteiger partial charge on any atom is -0.310 e. The van der Waals surface area contributed by atoms with Crippen LogP contribution in [0.4, 0.5) is 23.4 Å². The fourth-order valence-electron chi connectivity index (χ4n) is 5.16. The third kappa shape index (κ3) is 2.57. The van der Waals surface area contributed by atoms with E-state index in [4.69, 9.17) is 0 Å². The van der Waals surface area contributed by atoms with Crippen molar-refractivity contribution < 1.29 is 22.4 Å². The number of carbonyl (C=O) groups excluding carboxylic acids is 1. The van der Waals surface area contributed by atoms with E-state index >= 15 is 0 Å². The number of nitrogens with zero attached hydrogens (tertiary/aromatic N) is 2. The second-order valence-corrected chi connectivity index (χ2v) is 8.91. The van der Waals surface area contributed by atoms with Crippen molar-refractivity contribution in [2.45, 2.75) is 50.6 Å². The number of hydrogen-bond acceptors (Lipinski definition) is 2. The molecule has 6 rings (SSSR count). The van der Waals surface area contributed by atoms with Gasteiger partial charge in [0.2, 0.25) is 5.91 Å². The molecule has 2 aromatic rings. The molecule has 8 heteroatoms. The van der Waals surface area contributed by atoms with Crippen LogP contribution in [-0.4, -0.2) is 21.9 Å². The van der Waals surface area contributed by atoms with Gasteiger partial charge in [-0.25, -0.2) is 4.39 Å². The lowest BCUT2D eigenvalue weighted by molar-refractivity contribution is -0.349. The van der Waals surface area contributed by atoms with Crippen molar-refractivity contribution in [1.82, 2.24) is 9.78 Å². The van der Waals surface area contributed by atoms with Gasteiger partial charge in [-0.1, -0.05) is 6.42 Å². The van der Waals surface area contributed by atoms with Crippen molar-refractivity contribution in [3.8, 4) is 11.3 Å². The molecule has 2 bridgehead atoms. The molecule has 0 spiro atoms. The lowest BCUT2D eigenvalue weighted by atomic mass is 9.34. The van der Waals surface area contributed by atoms with Gasteiger partial charge in [-0.3, -0.25) is 9.48 Å². The molecule has 4 saturated carbocycles. The summed E-state index contributed by atoms with van der Waals surface area (Å²) in [6.07, 6.45) is -1.62. The first-order valence-corrected chi connectivity index (χ1v) is 9.85. The molecule has 1 aromatic carbocycles. The summed E-state index contributed by atoms with van der Waals surface area (Å²) in [6.45, 7) is 0. The van der Waals surface area contributed by atoms with Gasteiger partial charge in [0, 0.05) is 18.2 Å². The van der Waals surface area contributed by atoms with Crippen LogP contribution in [-0.2, 0) is 11.8 Å². The molecule has 4 nitrogen and oxygen atoms in total. The van der Waals surface area contributed by atoms with Gasteiger partial charge in [0.05, 0.1) is 16.5 Å². The number of hydrogen-bond donors (Lipinski definition) is 1. The molecule has 1 heterocycles. The van der Waals surface area contributed by atoms with E-state index in [1.807, 2.05) is 0 Å². The number of carbonyl (C=O) groups is 1. The highest BCUT2D eigenvalue weighted by atomic mass is 19.4. The van der Waals surface area contributed by atoms with Gasteiger partial charge >= 0.3 is 6.18 Å². The van der Waals surface area contributed by atoms with Gasteiger partial charge in [-0.05, 0) is 62.3 Å². The number of aryl methyl sites for hydroxylation is 1. The summed E-state index contributed by atoms with van der Waals surface area (Å²) in [5.74, 6) is 0.0851. The molecule has 0 aliphatic heterocycles. The van der Waals surface area contributed by atoms with Crippen LogP contribution < -0.4 is 5.32 Å². The molecule has 0 saturated heterocycles. The van der Waals surface area contributed by atoms with Crippen LogP contribution in [0.25, 0.3) is 11.3 Å². The Balaban J connectivity index is 1.44. The molecule has 154 valence electrons. The van der Waals surface area contributed by atoms with Crippen LogP contribution in [0.3, 0.4) is 0 Å². The maximum absolute atomic E-state index is 13.3. The van der Waals surface area contributed by atoms with Crippen molar-refractivity contribution in [3.05, 3.63) is 35.6 Å². The van der Waals surface area contributed by atoms with E-state index < -0.39 is 17.0 Å². The molecule has 29 heavy (non-hydrogen) atoms. The van der Waals surface area contributed by atoms with Gasteiger partial charge in [0.1, 0.15) is 11.6 Å². The quantitative estimate of drug-likeness (QED) is 0.712. The summed E-state index contributed by atoms with van der Waals surface area (Å²) < 4.78 is 54.3. The van der Waals surface area contributed by atoms with E-state index in [1.54, 1.807) is 23.9 Å². The number of anilines is 1. The van der Waals surface area contributed by atoms with Gasteiger partial charge in [0.15, 0.2) is 0 Å². The average molecular weight is 407 g/mol. The first-order chi connectivity index (χ1) is 13.6. The molecular weight excluding hydrogens is 386 g/mol. The largest absolute Gasteiger partial charge is 0.394 e. The fraction of sp³-hybridized carbons (Fsp3) is 0.524. The highest BCUT2D eigenvalue weighted by molar-refractivity contribution is 5.98. The molecule has 1 aromatic heterocycles. The SMILES string of the molecule is Cn1nc(-c2ccc(F)cc2)c(C2CCC2)c1NC(=O)C12CC(C(F)(F)F)(C1)C2. The summed E-state index contributed by atoms with van der Waals surface area (Å²) in [4.78, 5) is 12.9. The van der Waals surface area contributed by atoms with E-state index in [0.717, 1.165) is 30.4 Å². The molecule has 4 aliphatic rings. The predicted molar refractivity (Wildman–Crippen MR) is 98.6 cm³/mol. The van der Waals surface area contributed by atoms with Gasteiger partial charge in [0.25, 0.3) is 0 Å². The fourth-order valence-corrected chi connectivity index (χ4v) is 5.16. The third-order valence-electron chi connectivity index (χ3n) is 7.06. The van der Waals surface area contributed by atoms with Gasteiger partial charge in [-0.15, -0.1) is 0 Å². The number of aromatic nitrogens is 2. The van der Waals surface area contributed by atoms with Crippen LogP contribution in [0.15, 0.2) is 24.3 Å². The Morgan fingerprint density at radius 1 is 1.17 bits per heavy atom. The second kappa shape index (κ2) is 5.83. The second-order valence-electron chi connectivity index (χ2n) is 8.91. The Kier molecular flexibility index (Phi) is 3.75. The van der Waals surface area contributed by atoms with E-state index in [2.05, 4.69) is 10.4 Å². The summed E-state index contributed by atoms with van der Waals surface area (Å²) in [5, 5.41) is 7.46. The number of benzene rings is 1. The molecule has 1 amide bonds. The molecule has 0 unspecified atom stereocenters. The molecule has 0 atom stereocenters. The summed E-state index contributed by atoms with van der Waals surface area (Å²) >= 11 is 0. The zero-order valence-electron chi connectivity index (χ0n) is 15.9. The maximum Gasteiger partial charge on any atom is 0.394 e. The van der Waals surface area contributed by atoms with Crippen LogP contribution in [0.5, 0.6) is 0 Å². The minimum absolute atomic E-state index is 0.128. The normalized spacial score (nSPS) is 28.3. The number of rotatable bonds is 4. The first-order valence-electron chi connectivity index (χ1n) is 9.85. The smallest absolute Gasteiger partial charge is 0.310 e. The van der Waals surface area contributed by atoms with Crippen LogP contribution in [0.1, 0.15) is 50.0 Å². The van der Waals surface area contributed by atoms with E-state index in [9.17, 15) is 22.4 Å². The lowest BCUT2D eigenvalue weighted by Crippen LogP contribution is -2.71. The molecule has 4 fully saturated rings. The van der Waals surface area contributed by atoms with Crippen molar-refractivity contribution in [2.75, 3.05) is 5.32 Å². The maximum atomic E-state index is 13.3. The number of alkyl halides is 3. The van der Waals surface area contributed by atoms with E-state index in [0.29, 0.717) is 11.5 Å². The molecule has 1 N–H and O–H groups in total. The minimum atomic E-state index is -4.24. The zero-order valence-corrected chi connectivity index (χ0v) is 15.9. The Morgan fingerprint density at radius 3 is 2.31 bits per heavy atom. The monoisotopic (exact) mass is 407 g/mol. The van der Waals surface area contributed by atoms with E-state index in [-0.39, 0.29) is 36.9 Å². The molecular formula is C21H21F4N3O. The van der Waals surface area contributed by atoms with Crippen LogP contribution in [0, 0.1) is 16.6 Å².